The van der Waals surface area contributed by atoms with Crippen molar-refractivity contribution in [1.29, 1.82) is 0 Å². The van der Waals surface area contributed by atoms with E-state index in [0.717, 1.165) is 11.1 Å². The van der Waals surface area contributed by atoms with E-state index < -0.39 is 15.4 Å². The molecule has 0 aromatic heterocycles. The molecule has 2 rings (SSSR count). The van der Waals surface area contributed by atoms with Crippen LogP contribution in [0.15, 0.2) is 24.3 Å². The van der Waals surface area contributed by atoms with Crippen LogP contribution in [0.3, 0.4) is 0 Å². The zero-order valence-corrected chi connectivity index (χ0v) is 11.1. The first-order valence-electron chi connectivity index (χ1n) is 6.13. The summed E-state index contributed by atoms with van der Waals surface area (Å²) in [4.78, 5) is 0. The van der Waals surface area contributed by atoms with Gasteiger partial charge in [0.1, 0.15) is 0 Å². The van der Waals surface area contributed by atoms with Gasteiger partial charge in [-0.2, -0.15) is 0 Å². The third kappa shape index (κ3) is 3.31. The lowest BCUT2D eigenvalue weighted by Gasteiger charge is -2.31. The number of sulfone groups is 1. The van der Waals surface area contributed by atoms with Crippen LogP contribution in [-0.4, -0.2) is 30.6 Å². The van der Waals surface area contributed by atoms with Gasteiger partial charge >= 0.3 is 0 Å². The average Bonchev–Trinajstić information content (AvgIpc) is 2.26. The summed E-state index contributed by atoms with van der Waals surface area (Å²) in [5.74, 6) is 0.0605. The maximum absolute atomic E-state index is 11.6. The van der Waals surface area contributed by atoms with Gasteiger partial charge in [0.15, 0.2) is 9.84 Å². The number of benzene rings is 1. The Morgan fingerprint density at radius 1 is 1.33 bits per heavy atom. The molecule has 0 bridgehead atoms. The van der Waals surface area contributed by atoms with Crippen molar-refractivity contribution in [2.24, 2.45) is 5.73 Å². The van der Waals surface area contributed by atoms with E-state index in [-0.39, 0.29) is 11.5 Å². The molecule has 0 spiro atoms. The van der Waals surface area contributed by atoms with Crippen LogP contribution in [0.1, 0.15) is 24.0 Å². The fourth-order valence-corrected chi connectivity index (χ4v) is 4.35. The van der Waals surface area contributed by atoms with E-state index in [1.165, 1.54) is 0 Å². The minimum atomic E-state index is -3.10. The van der Waals surface area contributed by atoms with Gasteiger partial charge < -0.3 is 10.8 Å². The van der Waals surface area contributed by atoms with Crippen molar-refractivity contribution < 1.29 is 13.5 Å². The van der Waals surface area contributed by atoms with E-state index in [4.69, 9.17) is 5.73 Å². The summed E-state index contributed by atoms with van der Waals surface area (Å²) in [6.45, 7) is 0.449. The minimum absolute atomic E-state index is 0.132. The lowest BCUT2D eigenvalue weighted by atomic mass is 9.91. The van der Waals surface area contributed by atoms with Gasteiger partial charge in [0, 0.05) is 13.0 Å². The highest BCUT2D eigenvalue weighted by Gasteiger charge is 2.37. The zero-order chi connectivity index (χ0) is 13.2. The van der Waals surface area contributed by atoms with E-state index in [0.29, 0.717) is 25.8 Å². The van der Waals surface area contributed by atoms with Crippen LogP contribution in [-0.2, 0) is 22.8 Å². The van der Waals surface area contributed by atoms with Crippen LogP contribution in [0.25, 0.3) is 0 Å². The number of hydrogen-bond acceptors (Lipinski definition) is 4. The van der Waals surface area contributed by atoms with Gasteiger partial charge in [-0.15, -0.1) is 0 Å². The van der Waals surface area contributed by atoms with E-state index in [2.05, 4.69) is 0 Å². The molecule has 0 radical (unpaired) electrons. The Morgan fingerprint density at radius 2 is 2.06 bits per heavy atom. The van der Waals surface area contributed by atoms with Crippen LogP contribution < -0.4 is 5.73 Å². The molecule has 1 aromatic carbocycles. The molecule has 0 saturated carbocycles. The molecule has 3 N–H and O–H groups in total. The van der Waals surface area contributed by atoms with E-state index >= 15 is 0 Å². The quantitative estimate of drug-likeness (QED) is 0.843. The Kier molecular flexibility index (Phi) is 3.75. The fourth-order valence-electron chi connectivity index (χ4n) is 2.56. The van der Waals surface area contributed by atoms with Gasteiger partial charge in [0.25, 0.3) is 0 Å². The van der Waals surface area contributed by atoms with Crippen LogP contribution in [0.5, 0.6) is 0 Å². The maximum atomic E-state index is 11.6. The van der Waals surface area contributed by atoms with Crippen molar-refractivity contribution in [2.45, 2.75) is 31.4 Å². The first-order valence-corrected chi connectivity index (χ1v) is 7.95. The molecule has 1 saturated heterocycles. The molecule has 0 amide bonds. The van der Waals surface area contributed by atoms with Crippen molar-refractivity contribution in [1.82, 2.24) is 0 Å². The third-order valence-electron chi connectivity index (χ3n) is 3.35. The number of aliphatic hydroxyl groups is 1. The average molecular weight is 269 g/mol. The summed E-state index contributed by atoms with van der Waals surface area (Å²) in [7, 11) is -3.10. The highest BCUT2D eigenvalue weighted by atomic mass is 32.2. The largest absolute Gasteiger partial charge is 0.388 e. The minimum Gasteiger partial charge on any atom is -0.388 e. The monoisotopic (exact) mass is 269 g/mol. The number of rotatable bonds is 3. The summed E-state index contributed by atoms with van der Waals surface area (Å²) in [5.41, 5.74) is 6.39. The normalized spacial score (nSPS) is 27.0. The van der Waals surface area contributed by atoms with Crippen LogP contribution >= 0.6 is 0 Å². The molecule has 5 heteroatoms. The van der Waals surface area contributed by atoms with Crippen molar-refractivity contribution in [3.05, 3.63) is 35.4 Å². The van der Waals surface area contributed by atoms with Crippen molar-refractivity contribution in [2.75, 3.05) is 11.5 Å². The van der Waals surface area contributed by atoms with Crippen LogP contribution in [0.2, 0.25) is 0 Å². The van der Waals surface area contributed by atoms with Gasteiger partial charge in [0.2, 0.25) is 0 Å². The molecule has 1 aliphatic rings. The van der Waals surface area contributed by atoms with Gasteiger partial charge in [-0.3, -0.25) is 0 Å². The summed E-state index contributed by atoms with van der Waals surface area (Å²) in [6, 6.07) is 7.64. The van der Waals surface area contributed by atoms with Crippen LogP contribution in [0.4, 0.5) is 0 Å². The van der Waals surface area contributed by atoms with Crippen molar-refractivity contribution in [3.63, 3.8) is 0 Å². The Labute approximate surface area is 108 Å². The Morgan fingerprint density at radius 3 is 2.72 bits per heavy atom. The number of hydrogen-bond donors (Lipinski definition) is 2. The van der Waals surface area contributed by atoms with E-state index in [9.17, 15) is 13.5 Å². The first kappa shape index (κ1) is 13.5. The van der Waals surface area contributed by atoms with Crippen molar-refractivity contribution in [3.8, 4) is 0 Å². The van der Waals surface area contributed by atoms with E-state index in [1.807, 2.05) is 24.3 Å². The summed E-state index contributed by atoms with van der Waals surface area (Å²) in [5, 5.41) is 10.4. The molecular formula is C13H19NO3S. The first-order chi connectivity index (χ1) is 8.42. The summed E-state index contributed by atoms with van der Waals surface area (Å²) >= 11 is 0. The molecule has 1 fully saturated rings. The molecule has 1 atom stereocenters. The second-order valence-corrected chi connectivity index (χ2v) is 7.30. The van der Waals surface area contributed by atoms with Crippen molar-refractivity contribution >= 4 is 9.84 Å². The topological polar surface area (TPSA) is 80.4 Å². The predicted molar refractivity (Wildman–Crippen MR) is 70.9 cm³/mol. The maximum Gasteiger partial charge on any atom is 0.153 e. The molecule has 18 heavy (non-hydrogen) atoms. The molecule has 1 aliphatic heterocycles. The Balaban J connectivity index is 2.16. The van der Waals surface area contributed by atoms with Gasteiger partial charge in [-0.1, -0.05) is 24.3 Å². The SMILES string of the molecule is NCc1cccc(CC2(O)CCCS(=O)(=O)C2)c1. The molecule has 1 heterocycles. The molecule has 1 aromatic rings. The predicted octanol–water partition coefficient (Wildman–Crippen LogP) is 0.627. The third-order valence-corrected chi connectivity index (χ3v) is 5.23. The molecule has 4 nitrogen and oxygen atoms in total. The molecular weight excluding hydrogens is 250 g/mol. The standard InChI is InChI=1S/C13H19NO3S/c14-9-12-4-1-3-11(7-12)8-13(15)5-2-6-18(16,17)10-13/h1,3-4,7,15H,2,5-6,8-10,14H2. The highest BCUT2D eigenvalue weighted by molar-refractivity contribution is 7.91. The molecule has 100 valence electrons. The molecule has 1 unspecified atom stereocenters. The Bertz CT molecular complexity index is 527. The second-order valence-electron chi connectivity index (χ2n) is 5.12. The lowest BCUT2D eigenvalue weighted by Crippen LogP contribution is -2.44. The molecule has 0 aliphatic carbocycles. The summed E-state index contributed by atoms with van der Waals surface area (Å²) < 4.78 is 23.2. The van der Waals surface area contributed by atoms with Gasteiger partial charge in [-0.05, 0) is 24.0 Å². The summed E-state index contributed by atoms with van der Waals surface area (Å²) in [6.07, 6.45) is 1.45. The smallest absolute Gasteiger partial charge is 0.153 e. The van der Waals surface area contributed by atoms with Gasteiger partial charge in [0.05, 0.1) is 17.1 Å². The second kappa shape index (κ2) is 4.99. The lowest BCUT2D eigenvalue weighted by molar-refractivity contribution is 0.0503. The Hall–Kier alpha value is -0.910. The van der Waals surface area contributed by atoms with Crippen LogP contribution in [0, 0.1) is 0 Å². The zero-order valence-electron chi connectivity index (χ0n) is 10.3. The van der Waals surface area contributed by atoms with Gasteiger partial charge in [-0.25, -0.2) is 8.42 Å². The highest BCUT2D eigenvalue weighted by Crippen LogP contribution is 2.27. The fraction of sp³-hybridized carbons (Fsp3) is 0.538. The number of nitrogens with two attached hydrogens (primary N) is 1. The van der Waals surface area contributed by atoms with E-state index in [1.54, 1.807) is 0 Å².